The molecular formula is C20H27NO3. The molecule has 24 heavy (non-hydrogen) atoms. The van der Waals surface area contributed by atoms with Gasteiger partial charge < -0.3 is 9.52 Å². The fourth-order valence-electron chi connectivity index (χ4n) is 3.78. The van der Waals surface area contributed by atoms with Gasteiger partial charge >= 0.3 is 5.63 Å². The molecule has 1 aromatic carbocycles. The van der Waals surface area contributed by atoms with E-state index in [2.05, 4.69) is 17.9 Å². The van der Waals surface area contributed by atoms with Crippen molar-refractivity contribution in [3.63, 3.8) is 0 Å². The van der Waals surface area contributed by atoms with Crippen LogP contribution in [0.5, 0.6) is 0 Å². The first-order valence-electron chi connectivity index (χ1n) is 9.08. The molecule has 1 saturated heterocycles. The molecule has 0 amide bonds. The Hall–Kier alpha value is -1.65. The van der Waals surface area contributed by atoms with Gasteiger partial charge in [-0.3, -0.25) is 4.90 Å². The standard InChI is InChI=1S/C20H27NO3/c1-2-15-7-8-19-18(11-15)17(12-20(23)24-19)14-21-9-3-5-16(13-21)6-4-10-22/h7-8,11-12,16,22H,2-6,9-10,13-14H2,1H3. The predicted octanol–water partition coefficient (Wildman–Crippen LogP) is 3.34. The van der Waals surface area contributed by atoms with Gasteiger partial charge in [0.05, 0.1) is 0 Å². The molecule has 4 heteroatoms. The number of hydrogen-bond donors (Lipinski definition) is 1. The maximum atomic E-state index is 11.9. The van der Waals surface area contributed by atoms with Gasteiger partial charge in [-0.2, -0.15) is 0 Å². The van der Waals surface area contributed by atoms with Gasteiger partial charge in [0.2, 0.25) is 0 Å². The molecule has 0 bridgehead atoms. The summed E-state index contributed by atoms with van der Waals surface area (Å²) in [5.41, 5.74) is 2.75. The van der Waals surface area contributed by atoms with Crippen LogP contribution in [0, 0.1) is 5.92 Å². The Morgan fingerprint density at radius 3 is 3.00 bits per heavy atom. The molecule has 3 rings (SSSR count). The monoisotopic (exact) mass is 329 g/mol. The Morgan fingerprint density at radius 2 is 2.21 bits per heavy atom. The number of hydrogen-bond acceptors (Lipinski definition) is 4. The molecule has 1 aromatic heterocycles. The summed E-state index contributed by atoms with van der Waals surface area (Å²) in [4.78, 5) is 14.3. The molecule has 0 aliphatic carbocycles. The van der Waals surface area contributed by atoms with Crippen molar-refractivity contribution in [3.8, 4) is 0 Å². The van der Waals surface area contributed by atoms with Crippen LogP contribution >= 0.6 is 0 Å². The molecule has 1 unspecified atom stereocenters. The first-order valence-corrected chi connectivity index (χ1v) is 9.08. The fraction of sp³-hybridized carbons (Fsp3) is 0.550. The van der Waals surface area contributed by atoms with Crippen LogP contribution in [0.4, 0.5) is 0 Å². The number of aryl methyl sites for hydroxylation is 1. The molecule has 4 nitrogen and oxygen atoms in total. The molecule has 1 aliphatic heterocycles. The van der Waals surface area contributed by atoms with Crippen LogP contribution in [-0.2, 0) is 13.0 Å². The van der Waals surface area contributed by atoms with Crippen LogP contribution in [0.2, 0.25) is 0 Å². The summed E-state index contributed by atoms with van der Waals surface area (Å²) in [6.45, 7) is 5.34. The maximum Gasteiger partial charge on any atom is 0.336 e. The summed E-state index contributed by atoms with van der Waals surface area (Å²) in [6, 6.07) is 7.75. The van der Waals surface area contributed by atoms with Crippen molar-refractivity contribution in [2.45, 2.75) is 45.6 Å². The van der Waals surface area contributed by atoms with Gasteiger partial charge in [-0.1, -0.05) is 13.0 Å². The summed E-state index contributed by atoms with van der Waals surface area (Å²) in [6.07, 6.45) is 5.38. The highest BCUT2D eigenvalue weighted by molar-refractivity contribution is 5.80. The van der Waals surface area contributed by atoms with Gasteiger partial charge in [0, 0.05) is 31.1 Å². The quantitative estimate of drug-likeness (QED) is 0.826. The van der Waals surface area contributed by atoms with E-state index in [1.165, 1.54) is 18.4 Å². The second kappa shape index (κ2) is 7.95. The lowest BCUT2D eigenvalue weighted by atomic mass is 9.93. The van der Waals surface area contributed by atoms with Crippen LogP contribution in [0.25, 0.3) is 11.0 Å². The largest absolute Gasteiger partial charge is 0.423 e. The Bertz CT molecular complexity index is 737. The summed E-state index contributed by atoms with van der Waals surface area (Å²) < 4.78 is 5.36. The maximum absolute atomic E-state index is 11.9. The average molecular weight is 329 g/mol. The van der Waals surface area contributed by atoms with Crippen LogP contribution in [0.3, 0.4) is 0 Å². The second-order valence-corrected chi connectivity index (χ2v) is 6.88. The highest BCUT2D eigenvalue weighted by Gasteiger charge is 2.20. The molecule has 1 N–H and O–H groups in total. The van der Waals surface area contributed by atoms with Crippen molar-refractivity contribution in [2.75, 3.05) is 19.7 Å². The number of aliphatic hydroxyl groups is 1. The van der Waals surface area contributed by atoms with E-state index >= 15 is 0 Å². The molecule has 1 aliphatic rings. The van der Waals surface area contributed by atoms with Gasteiger partial charge in [-0.05, 0) is 67.8 Å². The summed E-state index contributed by atoms with van der Waals surface area (Å²) in [5.74, 6) is 0.656. The Labute approximate surface area is 143 Å². The molecule has 1 fully saturated rings. The van der Waals surface area contributed by atoms with E-state index in [-0.39, 0.29) is 12.2 Å². The summed E-state index contributed by atoms with van der Waals surface area (Å²) in [7, 11) is 0. The van der Waals surface area contributed by atoms with Crippen molar-refractivity contribution in [1.29, 1.82) is 0 Å². The van der Waals surface area contributed by atoms with Gasteiger partial charge in [0.1, 0.15) is 5.58 Å². The van der Waals surface area contributed by atoms with Gasteiger partial charge in [0.15, 0.2) is 0 Å². The Balaban J connectivity index is 1.82. The number of likely N-dealkylation sites (tertiary alicyclic amines) is 1. The van der Waals surface area contributed by atoms with E-state index in [0.717, 1.165) is 49.8 Å². The van der Waals surface area contributed by atoms with E-state index in [0.29, 0.717) is 11.5 Å². The zero-order valence-corrected chi connectivity index (χ0v) is 14.5. The molecule has 0 spiro atoms. The van der Waals surface area contributed by atoms with Crippen molar-refractivity contribution >= 4 is 11.0 Å². The lowest BCUT2D eigenvalue weighted by molar-refractivity contribution is 0.153. The number of fused-ring (bicyclic) bond motifs is 1. The van der Waals surface area contributed by atoms with Crippen LogP contribution in [-0.4, -0.2) is 29.7 Å². The minimum atomic E-state index is -0.268. The fourth-order valence-corrected chi connectivity index (χ4v) is 3.78. The topological polar surface area (TPSA) is 53.7 Å². The average Bonchev–Trinajstić information content (AvgIpc) is 2.60. The Morgan fingerprint density at radius 1 is 1.33 bits per heavy atom. The highest BCUT2D eigenvalue weighted by atomic mass is 16.4. The summed E-state index contributed by atoms with van der Waals surface area (Å²) in [5, 5.41) is 10.1. The third-order valence-corrected chi connectivity index (χ3v) is 5.07. The van der Waals surface area contributed by atoms with Crippen molar-refractivity contribution in [3.05, 3.63) is 45.8 Å². The molecule has 130 valence electrons. The third kappa shape index (κ3) is 4.05. The minimum absolute atomic E-state index is 0.268. The SMILES string of the molecule is CCc1ccc2oc(=O)cc(CN3CCCC(CCCO)C3)c2c1. The van der Waals surface area contributed by atoms with Crippen LogP contribution < -0.4 is 5.63 Å². The van der Waals surface area contributed by atoms with Crippen molar-refractivity contribution < 1.29 is 9.52 Å². The molecule has 2 aromatic rings. The number of piperidine rings is 1. The third-order valence-electron chi connectivity index (χ3n) is 5.07. The van der Waals surface area contributed by atoms with E-state index in [4.69, 9.17) is 9.52 Å². The number of benzene rings is 1. The van der Waals surface area contributed by atoms with Gasteiger partial charge in [-0.25, -0.2) is 4.79 Å². The molecular weight excluding hydrogens is 302 g/mol. The Kier molecular flexibility index (Phi) is 5.69. The van der Waals surface area contributed by atoms with E-state index in [1.807, 2.05) is 12.1 Å². The lowest BCUT2D eigenvalue weighted by Crippen LogP contribution is -2.35. The van der Waals surface area contributed by atoms with Crippen molar-refractivity contribution in [1.82, 2.24) is 4.90 Å². The molecule has 0 saturated carbocycles. The number of rotatable bonds is 6. The minimum Gasteiger partial charge on any atom is -0.423 e. The number of aliphatic hydroxyl groups excluding tert-OH is 1. The van der Waals surface area contributed by atoms with Gasteiger partial charge in [-0.15, -0.1) is 0 Å². The second-order valence-electron chi connectivity index (χ2n) is 6.88. The molecule has 1 atom stereocenters. The summed E-state index contributed by atoms with van der Waals surface area (Å²) >= 11 is 0. The van der Waals surface area contributed by atoms with E-state index in [1.54, 1.807) is 6.07 Å². The van der Waals surface area contributed by atoms with E-state index < -0.39 is 0 Å². The zero-order valence-electron chi connectivity index (χ0n) is 14.5. The zero-order chi connectivity index (χ0) is 16.9. The normalized spacial score (nSPS) is 19.0. The molecule has 2 heterocycles. The van der Waals surface area contributed by atoms with Crippen LogP contribution in [0.15, 0.2) is 33.5 Å². The molecule has 0 radical (unpaired) electrons. The first kappa shape index (κ1) is 17.2. The van der Waals surface area contributed by atoms with Crippen molar-refractivity contribution in [2.24, 2.45) is 5.92 Å². The predicted molar refractivity (Wildman–Crippen MR) is 96.2 cm³/mol. The van der Waals surface area contributed by atoms with Gasteiger partial charge in [0.25, 0.3) is 0 Å². The van der Waals surface area contributed by atoms with Crippen LogP contribution in [0.1, 0.15) is 43.7 Å². The smallest absolute Gasteiger partial charge is 0.336 e. The highest BCUT2D eigenvalue weighted by Crippen LogP contribution is 2.25. The lowest BCUT2D eigenvalue weighted by Gasteiger charge is -2.33. The van der Waals surface area contributed by atoms with E-state index in [9.17, 15) is 4.79 Å². The first-order chi connectivity index (χ1) is 11.7. The number of nitrogens with zero attached hydrogens (tertiary/aromatic N) is 1.